The first-order valence-corrected chi connectivity index (χ1v) is 4.59. The van der Waals surface area contributed by atoms with Crippen molar-refractivity contribution >= 4 is 15.9 Å². The highest BCUT2D eigenvalue weighted by atomic mass is 32.0. The Kier molecular flexibility index (Phi) is 2.87. The van der Waals surface area contributed by atoms with E-state index in [-0.39, 0.29) is 0 Å². The molecule has 0 heterocycles. The molecule has 2 atom stereocenters. The summed E-state index contributed by atoms with van der Waals surface area (Å²) in [6.07, 6.45) is 0. The summed E-state index contributed by atoms with van der Waals surface area (Å²) in [5.74, 6) is 0. The monoisotopic (exact) mass is 114 g/mol. The van der Waals surface area contributed by atoms with Crippen LogP contribution in [0.25, 0.3) is 0 Å². The van der Waals surface area contributed by atoms with Crippen molar-refractivity contribution in [2.24, 2.45) is 0 Å². The van der Waals surface area contributed by atoms with Crippen molar-refractivity contribution in [3.63, 3.8) is 0 Å². The van der Waals surface area contributed by atoms with Crippen molar-refractivity contribution < 1.29 is 14.0 Å². The molecule has 0 bridgehead atoms. The van der Waals surface area contributed by atoms with Gasteiger partial charge in [-0.3, -0.25) is 4.57 Å². The van der Waals surface area contributed by atoms with Crippen molar-refractivity contribution in [2.75, 3.05) is 0 Å². The van der Waals surface area contributed by atoms with Crippen LogP contribution in [0.5, 0.6) is 0 Å². The van der Waals surface area contributed by atoms with E-state index in [4.69, 9.17) is 4.89 Å². The van der Waals surface area contributed by atoms with E-state index < -0.39 is 15.9 Å². The smallest absolute Gasteiger partial charge is 0.239 e. The Bertz CT molecular complexity index is 55.9. The zero-order chi connectivity index (χ0) is 4.28. The number of hydrogen-bond donors (Lipinski definition) is 1. The Morgan fingerprint density at radius 1 is 1.80 bits per heavy atom. The lowest BCUT2D eigenvalue weighted by Gasteiger charge is -1.63. The maximum atomic E-state index is 9.28. The third kappa shape index (κ3) is 4.42. The average Bonchev–Trinajstić information content (AvgIpc) is 1.38. The molecule has 0 saturated heterocycles. The Morgan fingerprint density at radius 2 is 2.00 bits per heavy atom. The van der Waals surface area contributed by atoms with E-state index in [0.717, 1.165) is 0 Å². The molecule has 32 valence electrons. The van der Waals surface area contributed by atoms with E-state index in [0.29, 0.717) is 0 Å². The summed E-state index contributed by atoms with van der Waals surface area (Å²) in [7, 11) is -4.01. The Balaban J connectivity index is 3.20. The molecule has 0 fully saturated rings. The minimum Gasteiger partial charge on any atom is -0.342 e. The summed E-state index contributed by atoms with van der Waals surface area (Å²) in [6.45, 7) is 0. The zero-order valence-corrected chi connectivity index (χ0v) is 4.50. The first kappa shape index (κ1) is 5.42. The zero-order valence-electron chi connectivity index (χ0n) is 2.34. The third-order valence-corrected chi connectivity index (χ3v) is 0.907. The van der Waals surface area contributed by atoms with Crippen molar-refractivity contribution in [3.8, 4) is 0 Å². The fraction of sp³-hybridized carbons (Fsp3) is 0. The van der Waals surface area contributed by atoms with Gasteiger partial charge in [0.25, 0.3) is 0 Å². The second-order valence-corrected chi connectivity index (χ2v) is 3.56. The van der Waals surface area contributed by atoms with Crippen LogP contribution in [0.1, 0.15) is 0 Å². The minimum atomic E-state index is -2.60. The van der Waals surface area contributed by atoms with Crippen molar-refractivity contribution in [1.29, 1.82) is 0 Å². The lowest BCUT2D eigenvalue weighted by Crippen LogP contribution is -1.24. The Morgan fingerprint density at radius 3 is 2.00 bits per heavy atom. The van der Waals surface area contributed by atoms with Gasteiger partial charge in [0.05, 0.1) is 0 Å². The van der Waals surface area contributed by atoms with E-state index in [2.05, 4.69) is 0 Å². The van der Waals surface area contributed by atoms with E-state index in [1.807, 2.05) is 0 Å². The molecule has 0 aromatic carbocycles. The Labute approximate surface area is 31.0 Å². The molecule has 0 aromatic heterocycles. The summed E-state index contributed by atoms with van der Waals surface area (Å²) in [5, 5.41) is 0. The molecular weight excluding hydrogens is 110 g/mol. The SMILES string of the molecule is O=[PH2][PH](=O)O. The summed E-state index contributed by atoms with van der Waals surface area (Å²) >= 11 is 0. The van der Waals surface area contributed by atoms with Crippen LogP contribution in [0.15, 0.2) is 0 Å². The van der Waals surface area contributed by atoms with Crippen LogP contribution in [-0.4, -0.2) is 4.89 Å². The molecule has 0 amide bonds. The van der Waals surface area contributed by atoms with E-state index in [9.17, 15) is 9.13 Å². The highest BCUT2D eigenvalue weighted by Gasteiger charge is 1.72. The Hall–Kier alpha value is 0.420. The van der Waals surface area contributed by atoms with Gasteiger partial charge in [0.1, 0.15) is 8.15 Å². The second-order valence-electron chi connectivity index (χ2n) is 0.456. The van der Waals surface area contributed by atoms with Gasteiger partial charge in [0.2, 0.25) is 7.72 Å². The molecule has 0 radical (unpaired) electrons. The van der Waals surface area contributed by atoms with Crippen LogP contribution < -0.4 is 0 Å². The molecule has 3 nitrogen and oxygen atoms in total. The summed E-state index contributed by atoms with van der Waals surface area (Å²) < 4.78 is 18.5. The van der Waals surface area contributed by atoms with Crippen LogP contribution in [-0.2, 0) is 9.13 Å². The van der Waals surface area contributed by atoms with Crippen LogP contribution in [0.2, 0.25) is 0 Å². The lowest BCUT2D eigenvalue weighted by molar-refractivity contribution is 0.514. The van der Waals surface area contributed by atoms with Gasteiger partial charge in [-0.1, -0.05) is 0 Å². The normalized spacial score (nSPS) is 17.0. The molecule has 2 unspecified atom stereocenters. The maximum absolute atomic E-state index is 9.28. The van der Waals surface area contributed by atoms with Crippen LogP contribution >= 0.6 is 15.9 Å². The average molecular weight is 114 g/mol. The van der Waals surface area contributed by atoms with Gasteiger partial charge in [-0.25, -0.2) is 0 Å². The highest BCUT2D eigenvalue weighted by Crippen LogP contribution is 2.28. The molecular formula is H4O3P2. The van der Waals surface area contributed by atoms with Gasteiger partial charge < -0.3 is 9.46 Å². The molecule has 0 aliphatic heterocycles. The minimum absolute atomic E-state index is 1.42. The largest absolute Gasteiger partial charge is 0.342 e. The maximum Gasteiger partial charge on any atom is 0.239 e. The van der Waals surface area contributed by atoms with Gasteiger partial charge in [-0.05, 0) is 0 Å². The van der Waals surface area contributed by atoms with E-state index >= 15 is 0 Å². The first-order valence-electron chi connectivity index (χ1n) is 0.952. The fourth-order valence-electron chi connectivity index (χ4n) is 0. The quantitative estimate of drug-likeness (QED) is 0.492. The molecule has 0 aromatic rings. The van der Waals surface area contributed by atoms with E-state index in [1.54, 1.807) is 0 Å². The predicted octanol–water partition coefficient (Wildman–Crippen LogP) is 0.125. The van der Waals surface area contributed by atoms with Gasteiger partial charge in [0, 0.05) is 0 Å². The topological polar surface area (TPSA) is 54.4 Å². The van der Waals surface area contributed by atoms with Gasteiger partial charge in [-0.2, -0.15) is 0 Å². The fourth-order valence-corrected chi connectivity index (χ4v) is 0. The van der Waals surface area contributed by atoms with Crippen LogP contribution in [0, 0.1) is 0 Å². The highest BCUT2D eigenvalue weighted by molar-refractivity contribution is 8.06. The molecule has 0 rings (SSSR count). The van der Waals surface area contributed by atoms with Crippen molar-refractivity contribution in [1.82, 2.24) is 0 Å². The number of hydrogen-bond acceptors (Lipinski definition) is 2. The molecule has 5 heteroatoms. The van der Waals surface area contributed by atoms with E-state index in [1.165, 1.54) is 0 Å². The van der Waals surface area contributed by atoms with Crippen molar-refractivity contribution in [3.05, 3.63) is 0 Å². The van der Waals surface area contributed by atoms with Gasteiger partial charge >= 0.3 is 0 Å². The second kappa shape index (κ2) is 2.65. The van der Waals surface area contributed by atoms with Gasteiger partial charge in [-0.15, -0.1) is 0 Å². The number of rotatable bonds is 1. The molecule has 0 aliphatic rings. The molecule has 0 saturated carbocycles. The van der Waals surface area contributed by atoms with Gasteiger partial charge in [0.15, 0.2) is 0 Å². The molecule has 0 spiro atoms. The third-order valence-electron chi connectivity index (χ3n) is 0.101. The summed E-state index contributed by atoms with van der Waals surface area (Å²) in [5.41, 5.74) is 0. The van der Waals surface area contributed by atoms with Crippen molar-refractivity contribution in [2.45, 2.75) is 0 Å². The first-order chi connectivity index (χ1) is 2.27. The molecule has 1 N–H and O–H groups in total. The molecule has 5 heavy (non-hydrogen) atoms. The van der Waals surface area contributed by atoms with Crippen LogP contribution in [0.4, 0.5) is 0 Å². The summed E-state index contributed by atoms with van der Waals surface area (Å²) in [4.78, 5) is 7.63. The van der Waals surface area contributed by atoms with Crippen LogP contribution in [0.3, 0.4) is 0 Å². The standard InChI is InChI=1S/H4O3P2/c1-4-5(2)3/h5H,4H2,(H,2,3). The predicted molar refractivity (Wildman–Crippen MR) is 21.6 cm³/mol. The lowest BCUT2D eigenvalue weighted by atomic mass is 15.9. The summed E-state index contributed by atoms with van der Waals surface area (Å²) in [6, 6.07) is 0. The molecule has 0 aliphatic carbocycles.